The lowest BCUT2D eigenvalue weighted by Gasteiger charge is -2.34. The molecule has 5 heteroatoms. The molecule has 5 nitrogen and oxygen atoms in total. The Labute approximate surface area is 138 Å². The van der Waals surface area contributed by atoms with E-state index in [1.165, 1.54) is 12.8 Å². The van der Waals surface area contributed by atoms with Gasteiger partial charge in [0.25, 0.3) is 0 Å². The van der Waals surface area contributed by atoms with Crippen molar-refractivity contribution in [1.82, 2.24) is 10.6 Å². The van der Waals surface area contributed by atoms with Gasteiger partial charge in [0.2, 0.25) is 11.8 Å². The number of carbonyl (C=O) groups is 2. The number of nitrogens with one attached hydrogen (secondary N) is 2. The van der Waals surface area contributed by atoms with Crippen LogP contribution in [-0.2, 0) is 9.59 Å². The van der Waals surface area contributed by atoms with Gasteiger partial charge in [-0.2, -0.15) is 0 Å². The molecule has 0 aliphatic heterocycles. The van der Waals surface area contributed by atoms with E-state index < -0.39 is 11.1 Å². The van der Waals surface area contributed by atoms with Crippen LogP contribution in [0, 0.1) is 5.92 Å². The Kier molecular flexibility index (Phi) is 4.95. The fourth-order valence-corrected chi connectivity index (χ4v) is 4.11. The molecule has 0 spiro atoms. The van der Waals surface area contributed by atoms with Gasteiger partial charge in [0.15, 0.2) is 0 Å². The smallest absolute Gasteiger partial charge is 0.245 e. The summed E-state index contributed by atoms with van der Waals surface area (Å²) in [5.74, 6) is 0.444. The molecule has 0 bridgehead atoms. The normalized spacial score (nSPS) is 25.8. The molecule has 3 fully saturated rings. The van der Waals surface area contributed by atoms with Crippen LogP contribution in [0.2, 0.25) is 0 Å². The highest BCUT2D eigenvalue weighted by atomic mass is 16.3. The van der Waals surface area contributed by atoms with Crippen molar-refractivity contribution in [1.29, 1.82) is 0 Å². The highest BCUT2D eigenvalue weighted by Crippen LogP contribution is 2.34. The first kappa shape index (κ1) is 16.7. The monoisotopic (exact) mass is 322 g/mol. The molecule has 2 amide bonds. The SMILES string of the molecule is O=C(CC1(O)CCCCC1)NC1(C(=O)NCC2CC2)CCCC1. The number of rotatable bonds is 6. The fraction of sp³-hybridized carbons (Fsp3) is 0.889. The van der Waals surface area contributed by atoms with Crippen LogP contribution in [0.5, 0.6) is 0 Å². The lowest BCUT2D eigenvalue weighted by Crippen LogP contribution is -2.58. The third-order valence-corrected chi connectivity index (χ3v) is 5.79. The van der Waals surface area contributed by atoms with Crippen molar-refractivity contribution in [2.45, 2.75) is 88.2 Å². The molecule has 0 atom stereocenters. The minimum atomic E-state index is -0.868. The molecule has 0 radical (unpaired) electrons. The third kappa shape index (κ3) is 4.25. The number of amides is 2. The summed E-state index contributed by atoms with van der Waals surface area (Å²) in [6, 6.07) is 0. The largest absolute Gasteiger partial charge is 0.389 e. The van der Waals surface area contributed by atoms with Gasteiger partial charge in [-0.25, -0.2) is 0 Å². The molecule has 3 rings (SSSR count). The molecule has 3 saturated carbocycles. The zero-order valence-corrected chi connectivity index (χ0v) is 14.0. The van der Waals surface area contributed by atoms with Gasteiger partial charge in [0.05, 0.1) is 12.0 Å². The van der Waals surface area contributed by atoms with Crippen LogP contribution in [0.4, 0.5) is 0 Å². The second kappa shape index (κ2) is 6.80. The molecule has 3 N–H and O–H groups in total. The lowest BCUT2D eigenvalue weighted by molar-refractivity contribution is -0.136. The minimum Gasteiger partial charge on any atom is -0.389 e. The number of hydrogen-bond acceptors (Lipinski definition) is 3. The molecular weight excluding hydrogens is 292 g/mol. The molecule has 0 aromatic rings. The van der Waals surface area contributed by atoms with E-state index in [2.05, 4.69) is 10.6 Å². The highest BCUT2D eigenvalue weighted by Gasteiger charge is 2.44. The van der Waals surface area contributed by atoms with E-state index in [0.29, 0.717) is 31.6 Å². The second-order valence-corrected chi connectivity index (χ2v) is 7.95. The molecule has 130 valence electrons. The van der Waals surface area contributed by atoms with Crippen LogP contribution >= 0.6 is 0 Å². The van der Waals surface area contributed by atoms with Crippen molar-refractivity contribution in [2.75, 3.05) is 6.54 Å². The van der Waals surface area contributed by atoms with Gasteiger partial charge in [-0.3, -0.25) is 9.59 Å². The quantitative estimate of drug-likeness (QED) is 0.700. The molecule has 0 aromatic heterocycles. The summed E-state index contributed by atoms with van der Waals surface area (Å²) < 4.78 is 0. The van der Waals surface area contributed by atoms with Crippen molar-refractivity contribution in [3.8, 4) is 0 Å². The molecule has 0 unspecified atom stereocenters. The van der Waals surface area contributed by atoms with Crippen LogP contribution in [0.15, 0.2) is 0 Å². The minimum absolute atomic E-state index is 0.0223. The van der Waals surface area contributed by atoms with Crippen molar-refractivity contribution in [2.24, 2.45) is 5.92 Å². The zero-order valence-electron chi connectivity index (χ0n) is 14.0. The Morgan fingerprint density at radius 2 is 1.57 bits per heavy atom. The van der Waals surface area contributed by atoms with Gasteiger partial charge in [-0.05, 0) is 44.4 Å². The van der Waals surface area contributed by atoms with E-state index in [4.69, 9.17) is 0 Å². The average Bonchev–Trinajstić information content (AvgIpc) is 3.22. The van der Waals surface area contributed by atoms with E-state index >= 15 is 0 Å². The van der Waals surface area contributed by atoms with Crippen LogP contribution < -0.4 is 10.6 Å². The average molecular weight is 322 g/mol. The molecular formula is C18H30N2O3. The summed E-state index contributed by atoms with van der Waals surface area (Å²) in [7, 11) is 0. The fourth-order valence-electron chi connectivity index (χ4n) is 4.11. The van der Waals surface area contributed by atoms with E-state index in [0.717, 1.165) is 38.6 Å². The first-order valence-electron chi connectivity index (χ1n) is 9.33. The number of hydrogen-bond donors (Lipinski definition) is 3. The Morgan fingerprint density at radius 1 is 0.957 bits per heavy atom. The van der Waals surface area contributed by atoms with E-state index in [-0.39, 0.29) is 18.2 Å². The maximum atomic E-state index is 12.6. The first-order chi connectivity index (χ1) is 11.0. The Hall–Kier alpha value is -1.10. The zero-order chi connectivity index (χ0) is 16.3. The first-order valence-corrected chi connectivity index (χ1v) is 9.33. The van der Waals surface area contributed by atoms with Gasteiger partial charge in [0, 0.05) is 6.54 Å². The summed E-state index contributed by atoms with van der Waals surface area (Å²) in [6.07, 6.45) is 10.4. The van der Waals surface area contributed by atoms with Crippen LogP contribution in [0.3, 0.4) is 0 Å². The predicted octanol–water partition coefficient (Wildman–Crippen LogP) is 2.03. The van der Waals surface area contributed by atoms with Crippen LogP contribution in [0.25, 0.3) is 0 Å². The molecule has 0 aromatic carbocycles. The Morgan fingerprint density at radius 3 is 2.17 bits per heavy atom. The second-order valence-electron chi connectivity index (χ2n) is 7.95. The summed E-state index contributed by atoms with van der Waals surface area (Å²) in [5.41, 5.74) is -1.61. The maximum Gasteiger partial charge on any atom is 0.245 e. The van der Waals surface area contributed by atoms with E-state index in [1.54, 1.807) is 0 Å². The van der Waals surface area contributed by atoms with E-state index in [9.17, 15) is 14.7 Å². The lowest BCUT2D eigenvalue weighted by atomic mass is 9.82. The van der Waals surface area contributed by atoms with Crippen molar-refractivity contribution >= 4 is 11.8 Å². The molecule has 3 aliphatic rings. The summed E-state index contributed by atoms with van der Waals surface area (Å²) >= 11 is 0. The standard InChI is InChI=1S/C18H30N2O3/c21-15(12-17(23)8-2-1-3-9-17)20-18(10-4-5-11-18)16(22)19-13-14-6-7-14/h14,23H,1-13H2,(H,19,22)(H,20,21). The van der Waals surface area contributed by atoms with Gasteiger partial charge >= 0.3 is 0 Å². The third-order valence-electron chi connectivity index (χ3n) is 5.79. The molecule has 3 aliphatic carbocycles. The summed E-state index contributed by atoms with van der Waals surface area (Å²) in [6.45, 7) is 0.736. The van der Waals surface area contributed by atoms with E-state index in [1.807, 2.05) is 0 Å². The Balaban J connectivity index is 1.57. The van der Waals surface area contributed by atoms with Gasteiger partial charge in [0.1, 0.15) is 5.54 Å². The van der Waals surface area contributed by atoms with Gasteiger partial charge in [-0.15, -0.1) is 0 Å². The van der Waals surface area contributed by atoms with Gasteiger partial charge in [-0.1, -0.05) is 32.1 Å². The molecule has 0 heterocycles. The van der Waals surface area contributed by atoms with Crippen molar-refractivity contribution < 1.29 is 14.7 Å². The Bertz CT molecular complexity index is 447. The number of carbonyl (C=O) groups excluding carboxylic acids is 2. The predicted molar refractivity (Wildman–Crippen MR) is 87.7 cm³/mol. The topological polar surface area (TPSA) is 78.4 Å². The molecule has 0 saturated heterocycles. The van der Waals surface area contributed by atoms with Crippen molar-refractivity contribution in [3.05, 3.63) is 0 Å². The van der Waals surface area contributed by atoms with Crippen molar-refractivity contribution in [3.63, 3.8) is 0 Å². The molecule has 23 heavy (non-hydrogen) atoms. The summed E-state index contributed by atoms with van der Waals surface area (Å²) in [5, 5.41) is 16.6. The highest BCUT2D eigenvalue weighted by molar-refractivity contribution is 5.92. The summed E-state index contributed by atoms with van der Waals surface area (Å²) in [4.78, 5) is 25.1. The van der Waals surface area contributed by atoms with Gasteiger partial charge < -0.3 is 15.7 Å². The number of aliphatic hydroxyl groups is 1. The van der Waals surface area contributed by atoms with Crippen LogP contribution in [0.1, 0.15) is 77.0 Å². The maximum absolute atomic E-state index is 12.6. The van der Waals surface area contributed by atoms with Crippen LogP contribution in [-0.4, -0.2) is 34.6 Å².